The number of aryl methyl sites for hydroxylation is 1. The van der Waals surface area contributed by atoms with Gasteiger partial charge in [-0.15, -0.1) is 0 Å². The van der Waals surface area contributed by atoms with E-state index in [4.69, 9.17) is 0 Å². The van der Waals surface area contributed by atoms with Crippen molar-refractivity contribution in [3.05, 3.63) is 42.0 Å². The molecule has 9 heteroatoms. The maximum Gasteiger partial charge on any atom is 0.270 e. The SMILES string of the molecule is Cc1ncc(CC(=O)N[C@H]2CCCCN(C(=O)c3cc4cncnc4[nH]3)C2)[nH]1. The molecule has 4 rings (SSSR count). The van der Waals surface area contributed by atoms with Crippen LogP contribution in [-0.4, -0.2) is 60.8 Å². The third-order valence-corrected chi connectivity index (χ3v) is 4.95. The Morgan fingerprint density at radius 2 is 2.14 bits per heavy atom. The van der Waals surface area contributed by atoms with Gasteiger partial charge in [0.15, 0.2) is 0 Å². The van der Waals surface area contributed by atoms with E-state index >= 15 is 0 Å². The Hall–Kier alpha value is -3.23. The number of rotatable bonds is 4. The summed E-state index contributed by atoms with van der Waals surface area (Å²) >= 11 is 0. The smallest absolute Gasteiger partial charge is 0.270 e. The minimum atomic E-state index is -0.0802. The average Bonchev–Trinajstić information content (AvgIpc) is 3.21. The summed E-state index contributed by atoms with van der Waals surface area (Å²) in [5.41, 5.74) is 1.93. The first kappa shape index (κ1) is 18.1. The largest absolute Gasteiger partial charge is 0.351 e. The van der Waals surface area contributed by atoms with E-state index in [9.17, 15) is 9.59 Å². The highest BCUT2D eigenvalue weighted by molar-refractivity contribution is 5.97. The van der Waals surface area contributed by atoms with E-state index in [1.165, 1.54) is 6.33 Å². The fourth-order valence-electron chi connectivity index (χ4n) is 3.61. The summed E-state index contributed by atoms with van der Waals surface area (Å²) in [6.45, 7) is 3.02. The first-order valence-corrected chi connectivity index (χ1v) is 9.46. The maximum absolute atomic E-state index is 13.0. The summed E-state index contributed by atoms with van der Waals surface area (Å²) in [4.78, 5) is 45.5. The summed E-state index contributed by atoms with van der Waals surface area (Å²) in [6, 6.07) is 1.71. The number of hydrogen-bond donors (Lipinski definition) is 3. The highest BCUT2D eigenvalue weighted by Crippen LogP contribution is 2.17. The second kappa shape index (κ2) is 7.79. The van der Waals surface area contributed by atoms with Crippen LogP contribution in [0, 0.1) is 6.92 Å². The molecule has 0 aromatic carbocycles. The van der Waals surface area contributed by atoms with Crippen molar-refractivity contribution < 1.29 is 9.59 Å². The number of amides is 2. The van der Waals surface area contributed by atoms with Crippen molar-refractivity contribution in [2.75, 3.05) is 13.1 Å². The molecule has 0 radical (unpaired) electrons. The van der Waals surface area contributed by atoms with E-state index in [0.29, 0.717) is 24.4 Å². The van der Waals surface area contributed by atoms with Gasteiger partial charge in [-0.1, -0.05) is 0 Å². The molecule has 1 fully saturated rings. The lowest BCUT2D eigenvalue weighted by molar-refractivity contribution is -0.121. The summed E-state index contributed by atoms with van der Waals surface area (Å²) in [5.74, 6) is 0.643. The van der Waals surface area contributed by atoms with Crippen LogP contribution in [0.25, 0.3) is 11.0 Å². The van der Waals surface area contributed by atoms with Gasteiger partial charge in [-0.2, -0.15) is 0 Å². The number of likely N-dealkylation sites (tertiary alicyclic amines) is 1. The zero-order valence-corrected chi connectivity index (χ0v) is 15.7. The van der Waals surface area contributed by atoms with Crippen molar-refractivity contribution in [1.82, 2.24) is 35.1 Å². The molecule has 3 N–H and O–H groups in total. The monoisotopic (exact) mass is 381 g/mol. The van der Waals surface area contributed by atoms with E-state index in [1.54, 1.807) is 23.4 Å². The highest BCUT2D eigenvalue weighted by atomic mass is 16.2. The Kier molecular flexibility index (Phi) is 5.05. The number of imidazole rings is 1. The normalized spacial score (nSPS) is 17.5. The van der Waals surface area contributed by atoms with Crippen LogP contribution in [0.1, 0.15) is 41.3 Å². The zero-order valence-electron chi connectivity index (χ0n) is 15.7. The van der Waals surface area contributed by atoms with E-state index < -0.39 is 0 Å². The molecule has 0 unspecified atom stereocenters. The van der Waals surface area contributed by atoms with Crippen LogP contribution in [0.15, 0.2) is 24.8 Å². The third kappa shape index (κ3) is 4.03. The molecule has 1 saturated heterocycles. The molecule has 1 aliphatic rings. The number of fused-ring (bicyclic) bond motifs is 1. The Morgan fingerprint density at radius 3 is 2.93 bits per heavy atom. The van der Waals surface area contributed by atoms with Gasteiger partial charge in [-0.05, 0) is 32.3 Å². The van der Waals surface area contributed by atoms with Crippen LogP contribution < -0.4 is 5.32 Å². The summed E-state index contributed by atoms with van der Waals surface area (Å²) in [6.07, 6.45) is 7.80. The number of carbonyl (C=O) groups excluding carboxylic acids is 2. The molecule has 28 heavy (non-hydrogen) atoms. The van der Waals surface area contributed by atoms with Crippen molar-refractivity contribution in [2.24, 2.45) is 0 Å². The van der Waals surface area contributed by atoms with E-state index in [-0.39, 0.29) is 24.3 Å². The lowest BCUT2D eigenvalue weighted by Crippen LogP contribution is -2.45. The molecular formula is C19H23N7O2. The van der Waals surface area contributed by atoms with Crippen LogP contribution in [0.4, 0.5) is 0 Å². The Morgan fingerprint density at radius 1 is 1.25 bits per heavy atom. The number of aromatic nitrogens is 5. The van der Waals surface area contributed by atoms with Gasteiger partial charge in [0.05, 0.1) is 6.42 Å². The summed E-state index contributed by atoms with van der Waals surface area (Å²) < 4.78 is 0. The van der Waals surface area contributed by atoms with Gasteiger partial charge in [0.1, 0.15) is 23.5 Å². The molecular weight excluding hydrogens is 358 g/mol. The van der Waals surface area contributed by atoms with Crippen LogP contribution in [0.3, 0.4) is 0 Å². The minimum absolute atomic E-state index is 0.0628. The first-order valence-electron chi connectivity index (χ1n) is 9.46. The topological polar surface area (TPSA) is 120 Å². The predicted octanol–water partition coefficient (Wildman–Crippen LogP) is 1.34. The van der Waals surface area contributed by atoms with Crippen LogP contribution in [0.2, 0.25) is 0 Å². The number of hydrogen-bond acceptors (Lipinski definition) is 5. The van der Waals surface area contributed by atoms with E-state index in [0.717, 1.165) is 36.2 Å². The molecule has 4 heterocycles. The van der Waals surface area contributed by atoms with Gasteiger partial charge in [0.2, 0.25) is 5.91 Å². The minimum Gasteiger partial charge on any atom is -0.351 e. The van der Waals surface area contributed by atoms with Crippen molar-refractivity contribution >= 4 is 22.8 Å². The third-order valence-electron chi connectivity index (χ3n) is 4.95. The first-order chi connectivity index (χ1) is 13.6. The number of carbonyl (C=O) groups is 2. The molecule has 3 aromatic heterocycles. The predicted molar refractivity (Wildman–Crippen MR) is 103 cm³/mol. The average molecular weight is 381 g/mol. The van der Waals surface area contributed by atoms with Gasteiger partial charge >= 0.3 is 0 Å². The number of aromatic amines is 2. The number of H-pyrrole nitrogens is 2. The molecule has 2 amide bonds. The van der Waals surface area contributed by atoms with Gasteiger partial charge in [0.25, 0.3) is 5.91 Å². The lowest BCUT2D eigenvalue weighted by atomic mass is 10.1. The Balaban J connectivity index is 1.41. The van der Waals surface area contributed by atoms with Crippen LogP contribution >= 0.6 is 0 Å². The van der Waals surface area contributed by atoms with Crippen LogP contribution in [0.5, 0.6) is 0 Å². The second-order valence-electron chi connectivity index (χ2n) is 7.19. The summed E-state index contributed by atoms with van der Waals surface area (Å²) in [7, 11) is 0. The second-order valence-corrected chi connectivity index (χ2v) is 7.19. The Bertz CT molecular complexity index is 960. The van der Waals surface area contributed by atoms with Gasteiger partial charge in [-0.3, -0.25) is 9.59 Å². The number of nitrogens with zero attached hydrogens (tertiary/aromatic N) is 4. The number of nitrogens with one attached hydrogen (secondary N) is 3. The molecule has 0 saturated carbocycles. The van der Waals surface area contributed by atoms with E-state index in [2.05, 4.69) is 30.2 Å². The Labute approximate surface area is 162 Å². The quantitative estimate of drug-likeness (QED) is 0.630. The van der Waals surface area contributed by atoms with E-state index in [1.807, 2.05) is 6.92 Å². The molecule has 0 bridgehead atoms. The molecule has 0 aliphatic carbocycles. The van der Waals surface area contributed by atoms with Crippen molar-refractivity contribution in [1.29, 1.82) is 0 Å². The molecule has 9 nitrogen and oxygen atoms in total. The molecule has 3 aromatic rings. The van der Waals surface area contributed by atoms with Gasteiger partial charge in [0, 0.05) is 42.6 Å². The van der Waals surface area contributed by atoms with Crippen molar-refractivity contribution in [2.45, 2.75) is 38.6 Å². The molecule has 0 spiro atoms. The fourth-order valence-corrected chi connectivity index (χ4v) is 3.61. The summed E-state index contributed by atoms with van der Waals surface area (Å²) in [5, 5.41) is 3.87. The molecule has 146 valence electrons. The van der Waals surface area contributed by atoms with Gasteiger partial charge < -0.3 is 20.2 Å². The fraction of sp³-hybridized carbons (Fsp3) is 0.421. The van der Waals surface area contributed by atoms with Gasteiger partial charge in [-0.25, -0.2) is 15.0 Å². The zero-order chi connectivity index (χ0) is 19.5. The highest BCUT2D eigenvalue weighted by Gasteiger charge is 2.25. The lowest BCUT2D eigenvalue weighted by Gasteiger charge is -2.24. The van der Waals surface area contributed by atoms with Crippen molar-refractivity contribution in [3.8, 4) is 0 Å². The van der Waals surface area contributed by atoms with Crippen LogP contribution in [-0.2, 0) is 11.2 Å². The molecule has 1 aliphatic heterocycles. The van der Waals surface area contributed by atoms with Crippen molar-refractivity contribution in [3.63, 3.8) is 0 Å². The standard InChI is InChI=1S/C19H23N7O2/c1-12-21-9-15(23-12)7-17(27)24-14-4-2-3-5-26(10-14)19(28)16-6-13-8-20-11-22-18(13)25-16/h6,8-9,11,14H,2-5,7,10H2,1H3,(H,21,23)(H,24,27)(H,20,22,25)/t14-/m0/s1. The molecule has 1 atom stereocenters. The maximum atomic E-state index is 13.0.